The van der Waals surface area contributed by atoms with Crippen LogP contribution < -0.4 is 4.74 Å². The van der Waals surface area contributed by atoms with Crippen molar-refractivity contribution in [2.24, 2.45) is 11.8 Å². The van der Waals surface area contributed by atoms with Gasteiger partial charge < -0.3 is 4.74 Å². The van der Waals surface area contributed by atoms with E-state index in [2.05, 4.69) is 23.8 Å². The summed E-state index contributed by atoms with van der Waals surface area (Å²) < 4.78 is 18.5. The fourth-order valence-corrected chi connectivity index (χ4v) is 2.52. The lowest BCUT2D eigenvalue weighted by Crippen LogP contribution is -2.28. The van der Waals surface area contributed by atoms with Gasteiger partial charge in [0.1, 0.15) is 12.4 Å². The van der Waals surface area contributed by atoms with Gasteiger partial charge in [-0.15, -0.1) is 0 Å². The highest BCUT2D eigenvalue weighted by Gasteiger charge is 2.25. The van der Waals surface area contributed by atoms with Crippen LogP contribution in [-0.4, -0.2) is 16.1 Å². The number of halogens is 1. The molecule has 4 heteroatoms. The van der Waals surface area contributed by atoms with E-state index in [1.165, 1.54) is 18.8 Å². The molecule has 0 aromatic carbocycles. The Bertz CT molecular complexity index is 349. The van der Waals surface area contributed by atoms with Crippen LogP contribution in [0.15, 0.2) is 12.4 Å². The first-order chi connectivity index (χ1) is 7.63. The molecule has 2 rings (SSSR count). The maximum Gasteiger partial charge on any atom is 0.219 e. The van der Waals surface area contributed by atoms with Crippen molar-refractivity contribution in [1.29, 1.82) is 0 Å². The van der Waals surface area contributed by atoms with Crippen molar-refractivity contribution in [3.05, 3.63) is 18.3 Å². The molecule has 1 aliphatic rings. The van der Waals surface area contributed by atoms with E-state index in [4.69, 9.17) is 4.74 Å². The first kappa shape index (κ1) is 11.3. The summed E-state index contributed by atoms with van der Waals surface area (Å²) in [7, 11) is 0. The highest BCUT2D eigenvalue weighted by atomic mass is 19.1. The zero-order valence-electron chi connectivity index (χ0n) is 9.69. The van der Waals surface area contributed by atoms with Gasteiger partial charge in [0.05, 0.1) is 6.07 Å². The van der Waals surface area contributed by atoms with Gasteiger partial charge in [0.25, 0.3) is 0 Å². The number of hydrogen-bond acceptors (Lipinski definition) is 3. The number of rotatable bonds is 2. The molecule has 1 aliphatic carbocycles. The molecule has 0 saturated heterocycles. The van der Waals surface area contributed by atoms with Crippen molar-refractivity contribution in [2.75, 3.05) is 0 Å². The first-order valence-corrected chi connectivity index (χ1v) is 5.77. The second-order valence-corrected chi connectivity index (χ2v) is 4.84. The molecule has 0 N–H and O–H groups in total. The molecule has 1 aromatic heterocycles. The first-order valence-electron chi connectivity index (χ1n) is 5.77. The number of nitrogens with zero attached hydrogens (tertiary/aromatic N) is 2. The molecule has 1 heterocycles. The van der Waals surface area contributed by atoms with Gasteiger partial charge in [-0.2, -0.15) is 4.39 Å². The Morgan fingerprint density at radius 1 is 1.19 bits per heavy atom. The standard InChI is InChI=1S/C12H17FN2O/c1-8-3-9(2)5-10(4-8)16-12-6-11(13)14-7-15-12/h6-10H,3-5H2,1-2H3. The van der Waals surface area contributed by atoms with Gasteiger partial charge in [-0.05, 0) is 31.1 Å². The largest absolute Gasteiger partial charge is 0.474 e. The molecule has 2 unspecified atom stereocenters. The van der Waals surface area contributed by atoms with Crippen molar-refractivity contribution in [2.45, 2.75) is 39.2 Å². The average Bonchev–Trinajstić information content (AvgIpc) is 2.15. The van der Waals surface area contributed by atoms with Crippen LogP contribution in [0.25, 0.3) is 0 Å². The maximum absolute atomic E-state index is 12.8. The van der Waals surface area contributed by atoms with Gasteiger partial charge >= 0.3 is 0 Å². The molecule has 1 saturated carbocycles. The summed E-state index contributed by atoms with van der Waals surface area (Å²) in [6, 6.07) is 1.24. The molecule has 88 valence electrons. The minimum atomic E-state index is -0.540. The molecule has 0 radical (unpaired) electrons. The molecule has 0 bridgehead atoms. The van der Waals surface area contributed by atoms with E-state index in [-0.39, 0.29) is 6.10 Å². The third-order valence-electron chi connectivity index (χ3n) is 3.03. The zero-order valence-corrected chi connectivity index (χ0v) is 9.69. The lowest BCUT2D eigenvalue weighted by atomic mass is 9.82. The van der Waals surface area contributed by atoms with E-state index in [0.29, 0.717) is 17.7 Å². The van der Waals surface area contributed by atoms with Gasteiger partial charge in [0, 0.05) is 0 Å². The minimum Gasteiger partial charge on any atom is -0.474 e. The molecular weight excluding hydrogens is 207 g/mol. The fraction of sp³-hybridized carbons (Fsp3) is 0.667. The third kappa shape index (κ3) is 2.90. The Labute approximate surface area is 95.1 Å². The van der Waals surface area contributed by atoms with Crippen LogP contribution in [0, 0.1) is 17.8 Å². The number of ether oxygens (including phenoxy) is 1. The van der Waals surface area contributed by atoms with Crippen molar-refractivity contribution < 1.29 is 9.13 Å². The van der Waals surface area contributed by atoms with Crippen LogP contribution in [0.1, 0.15) is 33.1 Å². The minimum absolute atomic E-state index is 0.160. The van der Waals surface area contributed by atoms with Crippen molar-refractivity contribution in [3.8, 4) is 5.88 Å². The molecule has 0 amide bonds. The van der Waals surface area contributed by atoms with E-state index < -0.39 is 5.95 Å². The van der Waals surface area contributed by atoms with Gasteiger partial charge in [-0.25, -0.2) is 9.97 Å². The van der Waals surface area contributed by atoms with Gasteiger partial charge in [-0.3, -0.25) is 0 Å². The van der Waals surface area contributed by atoms with Gasteiger partial charge in [-0.1, -0.05) is 13.8 Å². The summed E-state index contributed by atoms with van der Waals surface area (Å²) in [6.45, 7) is 4.46. The summed E-state index contributed by atoms with van der Waals surface area (Å²) in [6.07, 6.45) is 4.65. The summed E-state index contributed by atoms with van der Waals surface area (Å²) >= 11 is 0. The van der Waals surface area contributed by atoms with Crippen molar-refractivity contribution >= 4 is 0 Å². The Morgan fingerprint density at radius 2 is 1.88 bits per heavy atom. The molecule has 1 fully saturated rings. The second kappa shape index (κ2) is 4.76. The average molecular weight is 224 g/mol. The zero-order chi connectivity index (χ0) is 11.5. The van der Waals surface area contributed by atoms with Gasteiger partial charge in [0.2, 0.25) is 11.8 Å². The van der Waals surface area contributed by atoms with E-state index in [0.717, 1.165) is 12.8 Å². The van der Waals surface area contributed by atoms with E-state index >= 15 is 0 Å². The van der Waals surface area contributed by atoms with Crippen LogP contribution in [0.4, 0.5) is 4.39 Å². The van der Waals surface area contributed by atoms with Crippen LogP contribution in [0.3, 0.4) is 0 Å². The Morgan fingerprint density at radius 3 is 2.50 bits per heavy atom. The Balaban J connectivity index is 1.98. The highest BCUT2D eigenvalue weighted by Crippen LogP contribution is 2.30. The summed E-state index contributed by atoms with van der Waals surface area (Å²) in [5.41, 5.74) is 0. The van der Waals surface area contributed by atoms with Crippen molar-refractivity contribution in [3.63, 3.8) is 0 Å². The SMILES string of the molecule is CC1CC(C)CC(Oc2cc(F)ncn2)C1. The molecule has 1 aromatic rings. The Kier molecular flexibility index (Phi) is 3.36. The predicted octanol–water partition coefficient (Wildman–Crippen LogP) is 2.82. The van der Waals surface area contributed by atoms with Gasteiger partial charge in [0.15, 0.2) is 0 Å². The quantitative estimate of drug-likeness (QED) is 0.724. The molecule has 0 spiro atoms. The molecule has 3 nitrogen and oxygen atoms in total. The summed E-state index contributed by atoms with van der Waals surface area (Å²) in [5.74, 6) is 1.14. The second-order valence-electron chi connectivity index (χ2n) is 4.84. The third-order valence-corrected chi connectivity index (χ3v) is 3.03. The maximum atomic E-state index is 12.8. The molecule has 2 atom stereocenters. The summed E-state index contributed by atoms with van der Waals surface area (Å²) in [5, 5.41) is 0. The van der Waals surface area contributed by atoms with Crippen LogP contribution in [0.2, 0.25) is 0 Å². The fourth-order valence-electron chi connectivity index (χ4n) is 2.52. The van der Waals surface area contributed by atoms with E-state index in [1.807, 2.05) is 0 Å². The highest BCUT2D eigenvalue weighted by molar-refractivity contribution is 5.06. The molecule has 0 aliphatic heterocycles. The predicted molar refractivity (Wildman–Crippen MR) is 58.6 cm³/mol. The van der Waals surface area contributed by atoms with E-state index in [9.17, 15) is 4.39 Å². The smallest absolute Gasteiger partial charge is 0.219 e. The van der Waals surface area contributed by atoms with Crippen LogP contribution in [-0.2, 0) is 0 Å². The molecule has 16 heavy (non-hydrogen) atoms. The number of hydrogen-bond donors (Lipinski definition) is 0. The van der Waals surface area contributed by atoms with Crippen LogP contribution in [0.5, 0.6) is 5.88 Å². The monoisotopic (exact) mass is 224 g/mol. The lowest BCUT2D eigenvalue weighted by Gasteiger charge is -2.31. The lowest BCUT2D eigenvalue weighted by molar-refractivity contribution is 0.0961. The summed E-state index contributed by atoms with van der Waals surface area (Å²) in [4.78, 5) is 7.32. The Hall–Kier alpha value is -1.19. The van der Waals surface area contributed by atoms with Crippen LogP contribution >= 0.6 is 0 Å². The van der Waals surface area contributed by atoms with E-state index in [1.54, 1.807) is 0 Å². The number of aromatic nitrogens is 2. The molecular formula is C12H17FN2O. The van der Waals surface area contributed by atoms with Crippen molar-refractivity contribution in [1.82, 2.24) is 9.97 Å². The normalized spacial score (nSPS) is 30.1. The topological polar surface area (TPSA) is 35.0 Å².